The number of amides is 1. The van der Waals surface area contributed by atoms with E-state index in [0.29, 0.717) is 19.5 Å². The van der Waals surface area contributed by atoms with Gasteiger partial charge >= 0.3 is 0 Å². The first-order valence-corrected chi connectivity index (χ1v) is 10.9. The van der Waals surface area contributed by atoms with E-state index in [2.05, 4.69) is 5.32 Å². The van der Waals surface area contributed by atoms with Crippen molar-refractivity contribution in [3.8, 4) is 0 Å². The molecule has 0 radical (unpaired) electrons. The van der Waals surface area contributed by atoms with Crippen molar-refractivity contribution in [1.82, 2.24) is 14.5 Å². The second kappa shape index (κ2) is 8.89. The molecule has 28 heavy (non-hydrogen) atoms. The van der Waals surface area contributed by atoms with E-state index in [-0.39, 0.29) is 16.8 Å². The molecule has 1 amide bonds. The number of carbonyl (C=O) groups excluding carboxylic acids is 1. The van der Waals surface area contributed by atoms with E-state index in [1.165, 1.54) is 4.31 Å². The third-order valence-electron chi connectivity index (χ3n) is 5.07. The zero-order valence-corrected chi connectivity index (χ0v) is 17.1. The number of nitrogens with zero attached hydrogens (tertiary/aromatic N) is 2. The van der Waals surface area contributed by atoms with E-state index in [0.717, 1.165) is 18.6 Å². The normalized spacial score (nSPS) is 19.5. The molecule has 8 heteroatoms. The number of hydrogen-bond acceptors (Lipinski definition) is 5. The highest BCUT2D eigenvalue weighted by atomic mass is 32.2. The van der Waals surface area contributed by atoms with Crippen LogP contribution in [-0.2, 0) is 14.8 Å². The highest BCUT2D eigenvalue weighted by molar-refractivity contribution is 7.89. The first-order chi connectivity index (χ1) is 13.4. The molecule has 0 bridgehead atoms. The number of furan rings is 1. The summed E-state index contributed by atoms with van der Waals surface area (Å²) in [5, 5.41) is 2.93. The minimum atomic E-state index is -3.71. The lowest BCUT2D eigenvalue weighted by molar-refractivity contribution is -0.125. The Bertz CT molecular complexity index is 866. The molecule has 1 fully saturated rings. The Morgan fingerprint density at radius 2 is 1.96 bits per heavy atom. The second-order valence-electron chi connectivity index (χ2n) is 7.18. The number of rotatable bonds is 7. The fourth-order valence-corrected chi connectivity index (χ4v) is 5.19. The molecule has 1 aliphatic rings. The Kier molecular flexibility index (Phi) is 6.53. The van der Waals surface area contributed by atoms with Gasteiger partial charge in [0.1, 0.15) is 11.8 Å². The summed E-state index contributed by atoms with van der Waals surface area (Å²) in [5.41, 5.74) is 0. The van der Waals surface area contributed by atoms with E-state index in [4.69, 9.17) is 4.42 Å². The molecule has 2 atom stereocenters. The van der Waals surface area contributed by atoms with Crippen molar-refractivity contribution < 1.29 is 17.6 Å². The summed E-state index contributed by atoms with van der Waals surface area (Å²) in [6.07, 6.45) is 3.70. The van der Waals surface area contributed by atoms with Gasteiger partial charge in [-0.25, -0.2) is 8.42 Å². The molecule has 1 saturated heterocycles. The van der Waals surface area contributed by atoms with Gasteiger partial charge in [-0.2, -0.15) is 4.31 Å². The van der Waals surface area contributed by atoms with Gasteiger partial charge in [-0.05, 0) is 51.2 Å². The van der Waals surface area contributed by atoms with Gasteiger partial charge in [-0.1, -0.05) is 24.6 Å². The average Bonchev–Trinajstić information content (AvgIpc) is 3.23. The van der Waals surface area contributed by atoms with Crippen molar-refractivity contribution in [3.63, 3.8) is 0 Å². The van der Waals surface area contributed by atoms with Gasteiger partial charge in [0.15, 0.2) is 0 Å². The van der Waals surface area contributed by atoms with Crippen LogP contribution in [0.3, 0.4) is 0 Å². The number of likely N-dealkylation sites (N-methyl/N-ethyl adjacent to an activating group) is 1. The molecule has 2 heterocycles. The summed E-state index contributed by atoms with van der Waals surface area (Å²) in [4.78, 5) is 15.1. The van der Waals surface area contributed by atoms with Crippen molar-refractivity contribution in [2.24, 2.45) is 0 Å². The van der Waals surface area contributed by atoms with Gasteiger partial charge in [0.05, 0.1) is 17.2 Å². The van der Waals surface area contributed by atoms with Crippen molar-refractivity contribution in [2.75, 3.05) is 27.2 Å². The molecule has 1 aliphatic heterocycles. The fourth-order valence-electron chi connectivity index (χ4n) is 3.52. The third-order valence-corrected chi connectivity index (χ3v) is 6.99. The van der Waals surface area contributed by atoms with Crippen LogP contribution >= 0.6 is 0 Å². The summed E-state index contributed by atoms with van der Waals surface area (Å²) in [6.45, 7) is 0.694. The van der Waals surface area contributed by atoms with Crippen LogP contribution in [0.5, 0.6) is 0 Å². The van der Waals surface area contributed by atoms with Gasteiger partial charge in [0.2, 0.25) is 15.9 Å². The van der Waals surface area contributed by atoms with Crippen LogP contribution in [0.2, 0.25) is 0 Å². The van der Waals surface area contributed by atoms with Crippen LogP contribution in [0.4, 0.5) is 0 Å². The van der Waals surface area contributed by atoms with Gasteiger partial charge in [-0.3, -0.25) is 9.69 Å². The van der Waals surface area contributed by atoms with Crippen LogP contribution in [0.25, 0.3) is 0 Å². The predicted molar refractivity (Wildman–Crippen MR) is 106 cm³/mol. The molecular formula is C20H27N3O4S. The number of nitrogens with one attached hydrogen (secondary N) is 1. The summed E-state index contributed by atoms with van der Waals surface area (Å²) in [5.74, 6) is 0.486. The van der Waals surface area contributed by atoms with Crippen LogP contribution in [0.15, 0.2) is 58.0 Å². The highest BCUT2D eigenvalue weighted by Crippen LogP contribution is 2.26. The fraction of sp³-hybridized carbons (Fsp3) is 0.450. The summed E-state index contributed by atoms with van der Waals surface area (Å²) in [6, 6.07) is 11.1. The summed E-state index contributed by atoms with van der Waals surface area (Å²) < 4.78 is 32.9. The maximum atomic E-state index is 13.1. The average molecular weight is 406 g/mol. The van der Waals surface area contributed by atoms with Crippen molar-refractivity contribution in [3.05, 3.63) is 54.5 Å². The molecule has 0 aliphatic carbocycles. The van der Waals surface area contributed by atoms with Crippen LogP contribution in [0, 0.1) is 0 Å². The zero-order valence-electron chi connectivity index (χ0n) is 16.2. The van der Waals surface area contributed by atoms with E-state index in [9.17, 15) is 13.2 Å². The van der Waals surface area contributed by atoms with Gasteiger partial charge in [0.25, 0.3) is 0 Å². The topological polar surface area (TPSA) is 82.9 Å². The first-order valence-electron chi connectivity index (χ1n) is 9.45. The molecule has 3 rings (SSSR count). The van der Waals surface area contributed by atoms with Gasteiger partial charge in [0, 0.05) is 13.1 Å². The second-order valence-corrected chi connectivity index (χ2v) is 9.07. The smallest absolute Gasteiger partial charge is 0.243 e. The Hall–Kier alpha value is -2.16. The lowest BCUT2D eigenvalue weighted by atomic mass is 10.0. The number of benzene rings is 1. The minimum Gasteiger partial charge on any atom is -0.468 e. The Balaban J connectivity index is 1.74. The number of hydrogen-bond donors (Lipinski definition) is 1. The van der Waals surface area contributed by atoms with Gasteiger partial charge in [-0.15, -0.1) is 0 Å². The molecule has 0 saturated carbocycles. The Morgan fingerprint density at radius 3 is 2.61 bits per heavy atom. The Labute approximate surface area is 166 Å². The van der Waals surface area contributed by atoms with Crippen molar-refractivity contribution >= 4 is 15.9 Å². The number of sulfonamides is 1. The van der Waals surface area contributed by atoms with Crippen molar-refractivity contribution in [2.45, 2.75) is 36.2 Å². The summed E-state index contributed by atoms with van der Waals surface area (Å²) >= 11 is 0. The number of carbonyl (C=O) groups is 1. The summed E-state index contributed by atoms with van der Waals surface area (Å²) in [7, 11) is 0.107. The molecule has 152 valence electrons. The van der Waals surface area contributed by atoms with E-state index in [1.807, 2.05) is 31.1 Å². The third kappa shape index (κ3) is 4.45. The number of piperidine rings is 1. The van der Waals surface area contributed by atoms with Crippen molar-refractivity contribution in [1.29, 1.82) is 0 Å². The zero-order chi connectivity index (χ0) is 20.1. The molecule has 7 nitrogen and oxygen atoms in total. The molecule has 2 aromatic rings. The minimum absolute atomic E-state index is 0.123. The molecule has 1 aromatic carbocycles. The maximum Gasteiger partial charge on any atom is 0.243 e. The van der Waals surface area contributed by atoms with Crippen LogP contribution < -0.4 is 5.32 Å². The quantitative estimate of drug-likeness (QED) is 0.764. The lowest BCUT2D eigenvalue weighted by Gasteiger charge is -2.34. The first kappa shape index (κ1) is 20.6. The molecule has 2 unspecified atom stereocenters. The SMILES string of the molecule is CN(C)C(CNC(=O)C1CCCCN1S(=O)(=O)c1ccccc1)c1ccco1. The predicted octanol–water partition coefficient (Wildman–Crippen LogP) is 2.24. The van der Waals surface area contributed by atoms with E-state index >= 15 is 0 Å². The van der Waals surface area contributed by atoms with Crippen LogP contribution in [0.1, 0.15) is 31.1 Å². The largest absolute Gasteiger partial charge is 0.468 e. The standard InChI is InChI=1S/C20H27N3O4S/c1-22(2)18(19-12-8-14-27-19)15-21-20(24)17-11-6-7-13-23(17)28(25,26)16-9-4-3-5-10-16/h3-5,8-10,12,14,17-18H,6-7,11,13,15H2,1-2H3,(H,21,24). The maximum absolute atomic E-state index is 13.1. The highest BCUT2D eigenvalue weighted by Gasteiger charge is 2.37. The molecule has 1 N–H and O–H groups in total. The van der Waals surface area contributed by atoms with E-state index in [1.54, 1.807) is 36.6 Å². The monoisotopic (exact) mass is 405 g/mol. The van der Waals surface area contributed by atoms with E-state index < -0.39 is 16.1 Å². The molecular weight excluding hydrogens is 378 g/mol. The Morgan fingerprint density at radius 1 is 1.21 bits per heavy atom. The molecule has 1 aromatic heterocycles. The van der Waals surface area contributed by atoms with Crippen LogP contribution in [-0.4, -0.2) is 56.8 Å². The lowest BCUT2D eigenvalue weighted by Crippen LogP contribution is -2.52. The van der Waals surface area contributed by atoms with Gasteiger partial charge < -0.3 is 9.73 Å². The molecule has 0 spiro atoms.